The summed E-state index contributed by atoms with van der Waals surface area (Å²) in [7, 11) is 0. The summed E-state index contributed by atoms with van der Waals surface area (Å²) in [5.74, 6) is 0. The zero-order valence-electron chi connectivity index (χ0n) is 8.16. The van der Waals surface area contributed by atoms with Crippen molar-refractivity contribution in [2.45, 2.75) is 0 Å². The Kier molecular flexibility index (Phi) is 2.95. The fourth-order valence-corrected chi connectivity index (χ4v) is 1.47. The van der Waals surface area contributed by atoms with Gasteiger partial charge < -0.3 is 4.98 Å². The van der Waals surface area contributed by atoms with E-state index in [1.807, 2.05) is 18.2 Å². The highest BCUT2D eigenvalue weighted by Crippen LogP contribution is 2.20. The monoisotopic (exact) mass is 229 g/mol. The molecule has 0 aliphatic heterocycles. The van der Waals surface area contributed by atoms with Crippen molar-refractivity contribution in [3.8, 4) is 11.3 Å². The lowest BCUT2D eigenvalue weighted by atomic mass is 10.1. The van der Waals surface area contributed by atoms with E-state index in [1.165, 1.54) is 0 Å². The van der Waals surface area contributed by atoms with Crippen LogP contribution in [0.4, 0.5) is 5.69 Å². The van der Waals surface area contributed by atoms with E-state index in [0.29, 0.717) is 10.5 Å². The minimum absolute atomic E-state index is 0.441. The van der Waals surface area contributed by atoms with Crippen LogP contribution in [0.25, 0.3) is 21.7 Å². The Morgan fingerprint density at radius 1 is 1.25 bits per heavy atom. The molecular formula is C10H7N5S. The third kappa shape index (κ3) is 2.25. The number of H-pyrrole nitrogens is 1. The maximum atomic E-state index is 8.27. The normalized spacial score (nSPS) is 9.50. The fourth-order valence-electron chi connectivity index (χ4n) is 1.30. The van der Waals surface area contributed by atoms with Crippen molar-refractivity contribution in [2.24, 2.45) is 5.11 Å². The van der Waals surface area contributed by atoms with Crippen LogP contribution in [0.15, 0.2) is 41.6 Å². The van der Waals surface area contributed by atoms with E-state index in [-0.39, 0.29) is 0 Å². The molecule has 6 heteroatoms. The van der Waals surface area contributed by atoms with Gasteiger partial charge in [-0.3, -0.25) is 0 Å². The van der Waals surface area contributed by atoms with Gasteiger partial charge in [-0.15, -0.1) is 0 Å². The molecule has 2 aromatic rings. The number of hydrogen-bond acceptors (Lipinski definition) is 3. The van der Waals surface area contributed by atoms with Crippen LogP contribution in [-0.2, 0) is 0 Å². The Hall–Kier alpha value is -2.17. The summed E-state index contributed by atoms with van der Waals surface area (Å²) in [6.07, 6.45) is 1.65. The van der Waals surface area contributed by atoms with Crippen molar-refractivity contribution in [2.75, 3.05) is 0 Å². The molecular weight excluding hydrogens is 222 g/mol. The van der Waals surface area contributed by atoms with Gasteiger partial charge in [-0.25, -0.2) is 4.98 Å². The van der Waals surface area contributed by atoms with Crippen LogP contribution in [0, 0.1) is 4.77 Å². The molecule has 0 aliphatic carbocycles. The SMILES string of the molecule is [N-]=[N+]=Nc1ccc(-c2ccnc(=S)[nH]2)cc1. The first kappa shape index (κ1) is 10.4. The topological polar surface area (TPSA) is 77.4 Å². The van der Waals surface area contributed by atoms with Gasteiger partial charge >= 0.3 is 0 Å². The number of benzene rings is 1. The van der Waals surface area contributed by atoms with Crippen LogP contribution in [-0.4, -0.2) is 9.97 Å². The average Bonchev–Trinajstić information content (AvgIpc) is 2.30. The summed E-state index contributed by atoms with van der Waals surface area (Å²) in [5, 5.41) is 3.50. The van der Waals surface area contributed by atoms with Crippen molar-refractivity contribution in [1.82, 2.24) is 9.97 Å². The van der Waals surface area contributed by atoms with Gasteiger partial charge in [0.1, 0.15) is 0 Å². The summed E-state index contributed by atoms with van der Waals surface area (Å²) in [5.41, 5.74) is 10.7. The standard InChI is InChI=1S/C10H7N5S/c11-15-14-8-3-1-7(2-4-8)9-5-6-12-10(16)13-9/h1-6H,(H,12,13,16). The van der Waals surface area contributed by atoms with E-state index in [4.69, 9.17) is 17.7 Å². The maximum Gasteiger partial charge on any atom is 0.197 e. The molecule has 1 aromatic heterocycles. The quantitative estimate of drug-likeness (QED) is 0.368. The largest absolute Gasteiger partial charge is 0.330 e. The van der Waals surface area contributed by atoms with Gasteiger partial charge in [-0.2, -0.15) is 0 Å². The second-order valence-corrected chi connectivity index (χ2v) is 3.41. The van der Waals surface area contributed by atoms with E-state index < -0.39 is 0 Å². The lowest BCUT2D eigenvalue weighted by Crippen LogP contribution is -1.85. The second-order valence-electron chi connectivity index (χ2n) is 3.02. The molecule has 78 valence electrons. The van der Waals surface area contributed by atoms with E-state index in [0.717, 1.165) is 11.3 Å². The van der Waals surface area contributed by atoms with Gasteiger partial charge in [0.15, 0.2) is 4.77 Å². The van der Waals surface area contributed by atoms with Crippen molar-refractivity contribution in [3.05, 3.63) is 51.7 Å². The number of aromatic nitrogens is 2. The average molecular weight is 229 g/mol. The predicted molar refractivity (Wildman–Crippen MR) is 63.7 cm³/mol. The molecule has 0 bridgehead atoms. The molecule has 0 atom stereocenters. The molecule has 0 radical (unpaired) electrons. The summed E-state index contributed by atoms with van der Waals surface area (Å²) in [6.45, 7) is 0. The first-order chi connectivity index (χ1) is 7.79. The molecule has 16 heavy (non-hydrogen) atoms. The highest BCUT2D eigenvalue weighted by molar-refractivity contribution is 7.71. The number of azide groups is 1. The van der Waals surface area contributed by atoms with Gasteiger partial charge in [0.05, 0.1) is 0 Å². The lowest BCUT2D eigenvalue weighted by molar-refractivity contribution is 1.14. The van der Waals surface area contributed by atoms with Crippen LogP contribution in [0.1, 0.15) is 0 Å². The lowest BCUT2D eigenvalue weighted by Gasteiger charge is -2.01. The third-order valence-electron chi connectivity index (χ3n) is 2.01. The van der Waals surface area contributed by atoms with E-state index in [2.05, 4.69) is 20.0 Å². The zero-order valence-corrected chi connectivity index (χ0v) is 8.98. The van der Waals surface area contributed by atoms with Crippen LogP contribution in [0.2, 0.25) is 0 Å². The number of nitrogens with zero attached hydrogens (tertiary/aromatic N) is 4. The highest BCUT2D eigenvalue weighted by Gasteiger charge is 1.97. The van der Waals surface area contributed by atoms with E-state index >= 15 is 0 Å². The number of rotatable bonds is 2. The minimum Gasteiger partial charge on any atom is -0.330 e. The molecule has 1 N–H and O–H groups in total. The van der Waals surface area contributed by atoms with Crippen molar-refractivity contribution < 1.29 is 0 Å². The maximum absolute atomic E-state index is 8.27. The first-order valence-corrected chi connectivity index (χ1v) is 4.91. The molecule has 5 nitrogen and oxygen atoms in total. The third-order valence-corrected chi connectivity index (χ3v) is 2.22. The second kappa shape index (κ2) is 4.57. The van der Waals surface area contributed by atoms with Crippen LogP contribution in [0.5, 0.6) is 0 Å². The van der Waals surface area contributed by atoms with E-state index in [9.17, 15) is 0 Å². The molecule has 0 saturated carbocycles. The summed E-state index contributed by atoms with van der Waals surface area (Å²) < 4.78 is 0.441. The summed E-state index contributed by atoms with van der Waals surface area (Å²) in [6, 6.07) is 9.02. The Labute approximate surface area is 96.4 Å². The zero-order chi connectivity index (χ0) is 11.4. The summed E-state index contributed by atoms with van der Waals surface area (Å²) >= 11 is 4.93. The molecule has 0 fully saturated rings. The molecule has 0 unspecified atom stereocenters. The van der Waals surface area contributed by atoms with Crippen LogP contribution in [0.3, 0.4) is 0 Å². The van der Waals surface area contributed by atoms with Gasteiger partial charge in [0.2, 0.25) is 0 Å². The van der Waals surface area contributed by atoms with Gasteiger partial charge in [-0.05, 0) is 29.4 Å². The van der Waals surface area contributed by atoms with Gasteiger partial charge in [0, 0.05) is 22.5 Å². The Morgan fingerprint density at radius 2 is 2.00 bits per heavy atom. The van der Waals surface area contributed by atoms with Gasteiger partial charge in [-0.1, -0.05) is 29.4 Å². The Balaban J connectivity index is 2.42. The van der Waals surface area contributed by atoms with E-state index in [1.54, 1.807) is 18.3 Å². The van der Waals surface area contributed by atoms with Crippen molar-refractivity contribution >= 4 is 17.9 Å². The van der Waals surface area contributed by atoms with Crippen molar-refractivity contribution in [3.63, 3.8) is 0 Å². The Morgan fingerprint density at radius 3 is 2.62 bits per heavy atom. The molecule has 2 rings (SSSR count). The predicted octanol–water partition coefficient (Wildman–Crippen LogP) is 3.75. The highest BCUT2D eigenvalue weighted by atomic mass is 32.1. The van der Waals surface area contributed by atoms with Gasteiger partial charge in [0.25, 0.3) is 0 Å². The molecule has 0 spiro atoms. The molecule has 0 saturated heterocycles. The Bertz CT molecular complexity index is 595. The molecule has 1 heterocycles. The number of aromatic amines is 1. The smallest absolute Gasteiger partial charge is 0.197 e. The van der Waals surface area contributed by atoms with Crippen molar-refractivity contribution in [1.29, 1.82) is 0 Å². The molecule has 0 aliphatic rings. The van der Waals surface area contributed by atoms with Crippen LogP contribution >= 0.6 is 12.2 Å². The minimum atomic E-state index is 0.441. The molecule has 1 aromatic carbocycles. The summed E-state index contributed by atoms with van der Waals surface area (Å²) in [4.78, 5) is 9.59. The molecule has 0 amide bonds. The number of hydrogen-bond donors (Lipinski definition) is 1. The fraction of sp³-hybridized carbons (Fsp3) is 0. The first-order valence-electron chi connectivity index (χ1n) is 4.50. The number of nitrogens with one attached hydrogen (secondary N) is 1. The van der Waals surface area contributed by atoms with Crippen LogP contribution < -0.4 is 0 Å².